The van der Waals surface area contributed by atoms with Gasteiger partial charge >= 0.3 is 0 Å². The molecule has 0 heterocycles. The van der Waals surface area contributed by atoms with Crippen molar-refractivity contribution in [2.45, 2.75) is 17.7 Å². The molecule has 2 atom stereocenters. The minimum atomic E-state index is 0.433. The third-order valence-electron chi connectivity index (χ3n) is 3.97. The Kier molecular flexibility index (Phi) is 4.18. The van der Waals surface area contributed by atoms with Crippen LogP contribution in [-0.4, -0.2) is 7.11 Å². The van der Waals surface area contributed by atoms with E-state index < -0.39 is 0 Å². The first-order valence-electron chi connectivity index (χ1n) is 6.73. The first kappa shape index (κ1) is 14.2. The van der Waals surface area contributed by atoms with E-state index in [1.807, 2.05) is 12.1 Å². The molecule has 0 fully saturated rings. The molecule has 2 aromatic carbocycles. The fraction of sp³-hybridized carbons (Fsp3) is 0.294. The van der Waals surface area contributed by atoms with Crippen molar-refractivity contribution in [1.29, 1.82) is 0 Å². The average Bonchev–Trinajstić information content (AvgIpc) is 2.76. The number of rotatable bonds is 3. The second kappa shape index (κ2) is 5.90. The standard InChI is InChI=1S/C17H16Br2O/c1-20-16-7-6-14(18)10-12(16)9-13-8-11-4-2-3-5-15(11)17(13)19/h2-7,10,13,17H,8-9H2,1H3. The van der Waals surface area contributed by atoms with Crippen LogP contribution in [0.25, 0.3) is 0 Å². The maximum atomic E-state index is 5.49. The molecule has 1 aliphatic carbocycles. The number of fused-ring (bicyclic) bond motifs is 1. The highest BCUT2D eigenvalue weighted by Crippen LogP contribution is 2.44. The second-order valence-corrected chi connectivity index (χ2v) is 7.13. The van der Waals surface area contributed by atoms with E-state index in [1.165, 1.54) is 16.7 Å². The Bertz CT molecular complexity index is 624. The molecule has 0 saturated carbocycles. The molecule has 0 N–H and O–H groups in total. The van der Waals surface area contributed by atoms with Gasteiger partial charge in [-0.15, -0.1) is 0 Å². The summed E-state index contributed by atoms with van der Waals surface area (Å²) in [4.78, 5) is 0.433. The van der Waals surface area contributed by atoms with E-state index >= 15 is 0 Å². The zero-order valence-corrected chi connectivity index (χ0v) is 14.4. The molecule has 2 unspecified atom stereocenters. The third kappa shape index (κ3) is 2.66. The Hall–Kier alpha value is -0.800. The summed E-state index contributed by atoms with van der Waals surface area (Å²) in [6.45, 7) is 0. The summed E-state index contributed by atoms with van der Waals surface area (Å²) >= 11 is 7.42. The molecule has 0 aliphatic heterocycles. The summed E-state index contributed by atoms with van der Waals surface area (Å²) in [5.74, 6) is 1.56. The van der Waals surface area contributed by atoms with Gasteiger partial charge in [-0.1, -0.05) is 56.1 Å². The number of alkyl halides is 1. The highest BCUT2D eigenvalue weighted by molar-refractivity contribution is 9.10. The average molecular weight is 396 g/mol. The van der Waals surface area contributed by atoms with Crippen LogP contribution < -0.4 is 4.74 Å². The van der Waals surface area contributed by atoms with Crippen LogP contribution in [0.3, 0.4) is 0 Å². The third-order valence-corrected chi connectivity index (χ3v) is 5.71. The topological polar surface area (TPSA) is 9.23 Å². The lowest BCUT2D eigenvalue weighted by molar-refractivity contribution is 0.404. The van der Waals surface area contributed by atoms with Crippen LogP contribution in [0.2, 0.25) is 0 Å². The number of benzene rings is 2. The van der Waals surface area contributed by atoms with E-state index in [4.69, 9.17) is 4.74 Å². The summed E-state index contributed by atoms with van der Waals surface area (Å²) in [5.41, 5.74) is 4.17. The molecule has 3 heteroatoms. The Morgan fingerprint density at radius 1 is 1.20 bits per heavy atom. The van der Waals surface area contributed by atoms with Gasteiger partial charge in [0.05, 0.1) is 7.11 Å². The molecule has 20 heavy (non-hydrogen) atoms. The molecule has 0 radical (unpaired) electrons. The van der Waals surface area contributed by atoms with Crippen LogP contribution in [0, 0.1) is 5.92 Å². The number of methoxy groups -OCH3 is 1. The molecule has 2 aromatic rings. The van der Waals surface area contributed by atoms with Gasteiger partial charge in [-0.3, -0.25) is 0 Å². The van der Waals surface area contributed by atoms with Crippen molar-refractivity contribution in [2.24, 2.45) is 5.92 Å². The van der Waals surface area contributed by atoms with E-state index in [9.17, 15) is 0 Å². The zero-order valence-electron chi connectivity index (χ0n) is 11.3. The van der Waals surface area contributed by atoms with Gasteiger partial charge in [0.1, 0.15) is 5.75 Å². The van der Waals surface area contributed by atoms with Gasteiger partial charge in [-0.25, -0.2) is 0 Å². The van der Waals surface area contributed by atoms with Crippen molar-refractivity contribution in [3.8, 4) is 5.75 Å². The fourth-order valence-corrected chi connectivity index (χ4v) is 4.22. The van der Waals surface area contributed by atoms with Gasteiger partial charge < -0.3 is 4.74 Å². The molecule has 104 valence electrons. The predicted octanol–water partition coefficient (Wildman–Crippen LogP) is 5.31. The minimum Gasteiger partial charge on any atom is -0.496 e. The van der Waals surface area contributed by atoms with Gasteiger partial charge in [0.15, 0.2) is 0 Å². The lowest BCUT2D eigenvalue weighted by Crippen LogP contribution is -2.07. The molecule has 0 amide bonds. The van der Waals surface area contributed by atoms with E-state index in [-0.39, 0.29) is 0 Å². The van der Waals surface area contributed by atoms with Crippen molar-refractivity contribution in [2.75, 3.05) is 7.11 Å². The van der Waals surface area contributed by atoms with Crippen LogP contribution in [0.1, 0.15) is 21.5 Å². The van der Waals surface area contributed by atoms with Crippen LogP contribution >= 0.6 is 31.9 Å². The molecular formula is C17H16Br2O. The highest BCUT2D eigenvalue weighted by atomic mass is 79.9. The molecule has 0 spiro atoms. The lowest BCUT2D eigenvalue weighted by atomic mass is 9.96. The first-order chi connectivity index (χ1) is 9.69. The van der Waals surface area contributed by atoms with Crippen LogP contribution in [0.5, 0.6) is 5.75 Å². The van der Waals surface area contributed by atoms with E-state index in [0.717, 1.165) is 23.1 Å². The quantitative estimate of drug-likeness (QED) is 0.640. The smallest absolute Gasteiger partial charge is 0.122 e. The van der Waals surface area contributed by atoms with Crippen molar-refractivity contribution in [3.63, 3.8) is 0 Å². The molecular weight excluding hydrogens is 380 g/mol. The normalized spacial score (nSPS) is 20.8. The number of halogens is 2. The van der Waals surface area contributed by atoms with E-state index in [0.29, 0.717) is 10.7 Å². The largest absolute Gasteiger partial charge is 0.496 e. The summed E-state index contributed by atoms with van der Waals surface area (Å²) in [5, 5.41) is 0. The summed E-state index contributed by atoms with van der Waals surface area (Å²) in [6.07, 6.45) is 2.15. The van der Waals surface area contributed by atoms with E-state index in [1.54, 1.807) is 7.11 Å². The van der Waals surface area contributed by atoms with Gasteiger partial charge in [0.25, 0.3) is 0 Å². The number of hydrogen-bond donors (Lipinski definition) is 0. The zero-order chi connectivity index (χ0) is 14.1. The first-order valence-corrected chi connectivity index (χ1v) is 8.44. The monoisotopic (exact) mass is 394 g/mol. The minimum absolute atomic E-state index is 0.433. The Balaban J connectivity index is 1.85. The maximum absolute atomic E-state index is 5.49. The highest BCUT2D eigenvalue weighted by Gasteiger charge is 2.30. The van der Waals surface area contributed by atoms with Crippen molar-refractivity contribution in [3.05, 3.63) is 63.6 Å². The van der Waals surface area contributed by atoms with Gasteiger partial charge in [-0.2, -0.15) is 0 Å². The Morgan fingerprint density at radius 2 is 2.00 bits per heavy atom. The van der Waals surface area contributed by atoms with Crippen molar-refractivity contribution in [1.82, 2.24) is 0 Å². The molecule has 0 bridgehead atoms. The van der Waals surface area contributed by atoms with Crippen LogP contribution in [0.15, 0.2) is 46.9 Å². The fourth-order valence-electron chi connectivity index (χ4n) is 2.99. The Labute approximate surface area is 136 Å². The van der Waals surface area contributed by atoms with Gasteiger partial charge in [0.2, 0.25) is 0 Å². The van der Waals surface area contributed by atoms with Crippen molar-refractivity contribution < 1.29 is 4.74 Å². The van der Waals surface area contributed by atoms with Crippen LogP contribution in [0.4, 0.5) is 0 Å². The molecule has 1 aliphatic rings. The second-order valence-electron chi connectivity index (χ2n) is 5.23. The maximum Gasteiger partial charge on any atom is 0.122 e. The number of ether oxygens (including phenoxy) is 1. The molecule has 3 rings (SSSR count). The molecule has 1 nitrogen and oxygen atoms in total. The van der Waals surface area contributed by atoms with Crippen molar-refractivity contribution >= 4 is 31.9 Å². The van der Waals surface area contributed by atoms with Crippen LogP contribution in [-0.2, 0) is 12.8 Å². The molecule has 0 aromatic heterocycles. The summed E-state index contributed by atoms with van der Waals surface area (Å²) in [7, 11) is 1.74. The summed E-state index contributed by atoms with van der Waals surface area (Å²) < 4.78 is 6.59. The van der Waals surface area contributed by atoms with E-state index in [2.05, 4.69) is 62.2 Å². The lowest BCUT2D eigenvalue weighted by Gasteiger charge is -2.17. The molecule has 0 saturated heterocycles. The van der Waals surface area contributed by atoms with Gasteiger partial charge in [0, 0.05) is 9.30 Å². The van der Waals surface area contributed by atoms with Gasteiger partial charge in [-0.05, 0) is 53.6 Å². The SMILES string of the molecule is COc1ccc(Br)cc1CC1Cc2ccccc2C1Br. The predicted molar refractivity (Wildman–Crippen MR) is 89.7 cm³/mol. The number of hydrogen-bond acceptors (Lipinski definition) is 1. The Morgan fingerprint density at radius 3 is 2.75 bits per heavy atom. The summed E-state index contributed by atoms with van der Waals surface area (Å²) in [6, 6.07) is 14.9.